The lowest BCUT2D eigenvalue weighted by Crippen LogP contribution is -2.28. The van der Waals surface area contributed by atoms with E-state index in [0.29, 0.717) is 18.3 Å². The van der Waals surface area contributed by atoms with E-state index in [1.54, 1.807) is 0 Å². The molecule has 0 radical (unpaired) electrons. The van der Waals surface area contributed by atoms with E-state index >= 15 is 0 Å². The summed E-state index contributed by atoms with van der Waals surface area (Å²) in [4.78, 5) is 21.8. The second-order valence-corrected chi connectivity index (χ2v) is 7.80. The first-order valence-corrected chi connectivity index (χ1v) is 9.35. The van der Waals surface area contributed by atoms with Gasteiger partial charge in [-0.1, -0.05) is 40.0 Å². The van der Waals surface area contributed by atoms with Crippen LogP contribution in [0.2, 0.25) is 0 Å². The molecule has 0 aliphatic carbocycles. The fraction of sp³-hybridized carbons (Fsp3) is 0.889. The van der Waals surface area contributed by atoms with Gasteiger partial charge in [-0.2, -0.15) is 0 Å². The molecule has 5 nitrogen and oxygen atoms in total. The number of carbonyl (C=O) groups is 2. The van der Waals surface area contributed by atoms with Crippen LogP contribution >= 0.6 is 12.6 Å². The number of hydrogen-bond acceptors (Lipinski definition) is 4. The highest BCUT2D eigenvalue weighted by Gasteiger charge is 2.23. The van der Waals surface area contributed by atoms with Crippen LogP contribution in [0.4, 0.5) is 0 Å². The maximum absolute atomic E-state index is 11.1. The zero-order chi connectivity index (χ0) is 18.7. The normalized spacial score (nSPS) is 17.8. The van der Waals surface area contributed by atoms with Gasteiger partial charge < -0.3 is 15.3 Å². The largest absolute Gasteiger partial charge is 0.481 e. The van der Waals surface area contributed by atoms with Crippen molar-refractivity contribution in [3.05, 3.63) is 0 Å². The first kappa shape index (κ1) is 23.4. The molecule has 0 heterocycles. The fourth-order valence-electron chi connectivity index (χ4n) is 3.38. The number of aliphatic hydroxyl groups is 2. The molecule has 3 N–H and O–H groups in total. The van der Waals surface area contributed by atoms with Crippen LogP contribution in [0.1, 0.15) is 65.7 Å². The van der Waals surface area contributed by atoms with Crippen molar-refractivity contribution in [3.63, 3.8) is 0 Å². The Kier molecular flexibility index (Phi) is 12.4. The molecule has 0 unspecified atom stereocenters. The standard InChI is InChI=1S/C18H34O5S/c1-12(8-13(2)9-14(3)10-17(21)22)6-4-5-7-16(20)15(11-19)18(23)24/h12-16,19-20H,4-11H2,1-3H3,(H,21,22)(H,23,24)/t12-,13+,14-,15-,16-/m1/s1. The molecular formula is C18H34O5S. The molecule has 6 heteroatoms. The molecule has 0 bridgehead atoms. The van der Waals surface area contributed by atoms with E-state index in [1.165, 1.54) is 0 Å². The lowest BCUT2D eigenvalue weighted by Gasteiger charge is -2.21. The maximum atomic E-state index is 11.1. The summed E-state index contributed by atoms with van der Waals surface area (Å²) in [6, 6.07) is 0. The monoisotopic (exact) mass is 362 g/mol. The third-order valence-corrected chi connectivity index (χ3v) is 4.89. The molecule has 0 aliphatic rings. The van der Waals surface area contributed by atoms with Crippen LogP contribution in [0.25, 0.3) is 0 Å². The molecule has 0 aromatic rings. The Morgan fingerprint density at radius 1 is 0.958 bits per heavy atom. The minimum absolute atomic E-state index is 0.203. The van der Waals surface area contributed by atoms with Gasteiger partial charge in [0.05, 0.1) is 18.6 Å². The van der Waals surface area contributed by atoms with Gasteiger partial charge in [-0.15, -0.1) is 12.6 Å². The summed E-state index contributed by atoms with van der Waals surface area (Å²) in [5.74, 6) is -0.271. The highest BCUT2D eigenvalue weighted by Crippen LogP contribution is 2.25. The Bertz CT molecular complexity index is 374. The number of aliphatic hydroxyl groups excluding tert-OH is 2. The number of carboxylic acids is 1. The van der Waals surface area contributed by atoms with E-state index in [1.807, 2.05) is 6.92 Å². The minimum atomic E-state index is -0.828. The molecule has 5 atom stereocenters. The van der Waals surface area contributed by atoms with Crippen LogP contribution in [-0.2, 0) is 9.59 Å². The summed E-state index contributed by atoms with van der Waals surface area (Å²) in [6.07, 6.45) is 4.72. The van der Waals surface area contributed by atoms with Gasteiger partial charge in [0, 0.05) is 6.42 Å². The molecule has 0 amide bonds. The Morgan fingerprint density at radius 2 is 1.50 bits per heavy atom. The smallest absolute Gasteiger partial charge is 0.303 e. The number of thiol groups is 1. The molecular weight excluding hydrogens is 328 g/mol. The number of carboxylic acid groups (broad SMARTS) is 1. The van der Waals surface area contributed by atoms with Crippen molar-refractivity contribution in [2.45, 2.75) is 71.8 Å². The average molecular weight is 363 g/mol. The second kappa shape index (κ2) is 12.7. The Hall–Kier alpha value is -0.590. The first-order chi connectivity index (χ1) is 11.2. The van der Waals surface area contributed by atoms with Gasteiger partial charge in [-0.05, 0) is 37.0 Å². The summed E-state index contributed by atoms with van der Waals surface area (Å²) >= 11 is 3.68. The quantitative estimate of drug-likeness (QED) is 0.281. The van der Waals surface area contributed by atoms with Crippen LogP contribution < -0.4 is 0 Å². The van der Waals surface area contributed by atoms with Gasteiger partial charge in [0.1, 0.15) is 0 Å². The van der Waals surface area contributed by atoms with E-state index in [-0.39, 0.29) is 18.9 Å². The summed E-state index contributed by atoms with van der Waals surface area (Å²) in [5.41, 5.74) is 0. The highest BCUT2D eigenvalue weighted by molar-refractivity contribution is 7.96. The molecule has 24 heavy (non-hydrogen) atoms. The number of carbonyl (C=O) groups excluding carboxylic acids is 1. The number of aliphatic carboxylic acids is 1. The maximum Gasteiger partial charge on any atom is 0.303 e. The van der Waals surface area contributed by atoms with Crippen LogP contribution in [0.3, 0.4) is 0 Å². The SMILES string of the molecule is C[C@@H](C[C@H](C)CCCC[C@@H](O)[C@@H](CO)C(=O)S)C[C@@H](C)CC(=O)O. The Morgan fingerprint density at radius 3 is 2.00 bits per heavy atom. The van der Waals surface area contributed by atoms with Gasteiger partial charge in [-0.25, -0.2) is 0 Å². The van der Waals surface area contributed by atoms with Crippen LogP contribution in [-0.4, -0.2) is 39.1 Å². The van der Waals surface area contributed by atoms with Gasteiger partial charge in [-0.3, -0.25) is 9.59 Å². The second-order valence-electron chi connectivity index (χ2n) is 7.36. The van der Waals surface area contributed by atoms with Crippen molar-refractivity contribution >= 4 is 23.7 Å². The van der Waals surface area contributed by atoms with E-state index in [9.17, 15) is 14.7 Å². The summed E-state index contributed by atoms with van der Waals surface area (Å²) in [6.45, 7) is 5.98. The molecule has 0 rings (SSSR count). The molecule has 0 aromatic heterocycles. The van der Waals surface area contributed by atoms with E-state index in [2.05, 4.69) is 26.5 Å². The predicted molar refractivity (Wildman–Crippen MR) is 98.0 cm³/mol. The Labute approximate surface area is 151 Å². The van der Waals surface area contributed by atoms with Crippen LogP contribution in [0.15, 0.2) is 0 Å². The van der Waals surface area contributed by atoms with Gasteiger partial charge in [0.15, 0.2) is 5.12 Å². The van der Waals surface area contributed by atoms with E-state index in [4.69, 9.17) is 10.2 Å². The molecule has 0 fully saturated rings. The summed E-state index contributed by atoms with van der Waals surface area (Å²) in [7, 11) is 0. The van der Waals surface area contributed by atoms with Gasteiger partial charge in [0.25, 0.3) is 0 Å². The van der Waals surface area contributed by atoms with Crippen LogP contribution in [0, 0.1) is 23.7 Å². The fourth-order valence-corrected chi connectivity index (χ4v) is 3.63. The summed E-state index contributed by atoms with van der Waals surface area (Å²) in [5, 5.41) is 27.3. The average Bonchev–Trinajstić information content (AvgIpc) is 2.42. The van der Waals surface area contributed by atoms with Gasteiger partial charge >= 0.3 is 5.97 Å². The molecule has 0 saturated heterocycles. The Balaban J connectivity index is 3.91. The number of hydrogen-bond donors (Lipinski definition) is 4. The highest BCUT2D eigenvalue weighted by atomic mass is 32.1. The molecule has 0 aliphatic heterocycles. The van der Waals surface area contributed by atoms with Crippen molar-refractivity contribution in [1.29, 1.82) is 0 Å². The van der Waals surface area contributed by atoms with Gasteiger partial charge in [0.2, 0.25) is 0 Å². The zero-order valence-corrected chi connectivity index (χ0v) is 16.0. The third kappa shape index (κ3) is 11.0. The first-order valence-electron chi connectivity index (χ1n) is 8.90. The predicted octanol–water partition coefficient (Wildman–Crippen LogP) is 3.14. The van der Waals surface area contributed by atoms with Crippen molar-refractivity contribution in [2.75, 3.05) is 6.61 Å². The molecule has 0 spiro atoms. The van der Waals surface area contributed by atoms with Crippen LogP contribution in [0.5, 0.6) is 0 Å². The van der Waals surface area contributed by atoms with Crippen molar-refractivity contribution in [1.82, 2.24) is 0 Å². The summed E-state index contributed by atoms with van der Waals surface area (Å²) < 4.78 is 0. The molecule has 0 saturated carbocycles. The third-order valence-electron chi connectivity index (χ3n) is 4.56. The molecule has 0 aromatic carbocycles. The topological polar surface area (TPSA) is 94.8 Å². The van der Waals surface area contributed by atoms with Crippen molar-refractivity contribution in [2.24, 2.45) is 23.7 Å². The van der Waals surface area contributed by atoms with E-state index < -0.39 is 23.1 Å². The van der Waals surface area contributed by atoms with Crippen molar-refractivity contribution in [3.8, 4) is 0 Å². The lowest BCUT2D eigenvalue weighted by molar-refractivity contribution is -0.138. The number of rotatable bonds is 14. The lowest BCUT2D eigenvalue weighted by atomic mass is 9.86. The number of unbranched alkanes of at least 4 members (excludes halogenated alkanes) is 1. The zero-order valence-electron chi connectivity index (χ0n) is 15.1. The minimum Gasteiger partial charge on any atom is -0.481 e. The van der Waals surface area contributed by atoms with E-state index in [0.717, 1.165) is 32.1 Å². The van der Waals surface area contributed by atoms with Crippen molar-refractivity contribution < 1.29 is 24.9 Å². The molecule has 142 valence electrons.